The molecular weight excluding hydrogens is 558 g/mol. The topological polar surface area (TPSA) is 201 Å². The van der Waals surface area contributed by atoms with Gasteiger partial charge in [-0.15, -0.1) is 0 Å². The van der Waals surface area contributed by atoms with Crippen LogP contribution in [0.1, 0.15) is 11.1 Å². The largest absolute Gasteiger partial charge is 2.00 e. The van der Waals surface area contributed by atoms with Crippen LogP contribution in [0.15, 0.2) is 46.2 Å². The molecule has 0 saturated carbocycles. The van der Waals surface area contributed by atoms with Gasteiger partial charge in [0.05, 0.1) is 9.85 Å². The van der Waals surface area contributed by atoms with Crippen molar-refractivity contribution in [3.63, 3.8) is 0 Å². The zero-order valence-corrected chi connectivity index (χ0v) is 21.0. The molecule has 0 atom stereocenters. The zero-order chi connectivity index (χ0) is 21.9. The molecule has 2 aromatic carbocycles. The van der Waals surface area contributed by atoms with Crippen LogP contribution in [0.5, 0.6) is 0 Å². The average molecular weight is 570 g/mol. The minimum atomic E-state index is -4.79. The maximum Gasteiger partial charge on any atom is 2.00 e. The summed E-state index contributed by atoms with van der Waals surface area (Å²) >= 11 is 0. The molecule has 0 fully saturated rings. The molecule has 152 valence electrons. The Morgan fingerprint density at radius 1 is 0.690 bits per heavy atom. The van der Waals surface area contributed by atoms with E-state index in [9.17, 15) is 46.2 Å². The molecular formula is C14H12BaN2O10S2. The Labute approximate surface area is 205 Å². The molecule has 0 bridgehead atoms. The van der Waals surface area contributed by atoms with Gasteiger partial charge < -0.3 is 9.11 Å². The van der Waals surface area contributed by atoms with Crippen molar-refractivity contribution in [2.45, 2.75) is 23.6 Å². The van der Waals surface area contributed by atoms with Gasteiger partial charge in [0.25, 0.3) is 11.4 Å². The summed E-state index contributed by atoms with van der Waals surface area (Å²) in [7, 11) is -9.57. The van der Waals surface area contributed by atoms with Crippen molar-refractivity contribution in [3.8, 4) is 0 Å². The van der Waals surface area contributed by atoms with Crippen LogP contribution in [0.3, 0.4) is 0 Å². The number of nitro groups is 2. The Balaban J connectivity index is 0.000000523. The maximum atomic E-state index is 10.6. The molecule has 15 heteroatoms. The van der Waals surface area contributed by atoms with Crippen LogP contribution < -0.4 is 0 Å². The number of nitrogens with zero attached hydrogens (tertiary/aromatic N) is 2. The predicted molar refractivity (Wildman–Crippen MR) is 97.3 cm³/mol. The van der Waals surface area contributed by atoms with Crippen LogP contribution in [0, 0.1) is 34.1 Å². The van der Waals surface area contributed by atoms with Gasteiger partial charge in [0, 0.05) is 12.1 Å². The fourth-order valence-corrected chi connectivity index (χ4v) is 3.21. The number of hydrogen-bond donors (Lipinski definition) is 0. The standard InChI is InChI=1S/2C7H7NO5S.Ba/c2*1-5-2-3-7(14(11,12)13)6(4-5)8(9)10;/h2*2-4H,1H3,(H,11,12,13);/q;;+2/p-2. The predicted octanol–water partition coefficient (Wildman–Crippen LogP) is 1.23. The van der Waals surface area contributed by atoms with Gasteiger partial charge in [0.1, 0.15) is 30.0 Å². The van der Waals surface area contributed by atoms with E-state index < -0.39 is 51.2 Å². The van der Waals surface area contributed by atoms with Gasteiger partial charge in [-0.1, -0.05) is 12.1 Å². The summed E-state index contributed by atoms with van der Waals surface area (Å²) in [5.41, 5.74) is -0.326. The molecule has 0 aromatic heterocycles. The van der Waals surface area contributed by atoms with Crippen molar-refractivity contribution in [1.82, 2.24) is 0 Å². The van der Waals surface area contributed by atoms with Crippen molar-refractivity contribution in [1.29, 1.82) is 0 Å². The molecule has 0 spiro atoms. The molecule has 29 heavy (non-hydrogen) atoms. The molecule has 2 rings (SSSR count). The Bertz CT molecular complexity index is 1060. The average Bonchev–Trinajstić information content (AvgIpc) is 2.52. The van der Waals surface area contributed by atoms with Crippen LogP contribution in [-0.2, 0) is 20.2 Å². The number of rotatable bonds is 4. The molecule has 12 nitrogen and oxygen atoms in total. The van der Waals surface area contributed by atoms with Gasteiger partial charge in [0.2, 0.25) is 0 Å². The van der Waals surface area contributed by atoms with Crippen LogP contribution in [0.4, 0.5) is 11.4 Å². The molecule has 0 saturated heterocycles. The zero-order valence-electron chi connectivity index (χ0n) is 15.0. The van der Waals surface area contributed by atoms with Crippen molar-refractivity contribution < 1.29 is 35.8 Å². The van der Waals surface area contributed by atoms with Gasteiger partial charge in [-0.05, 0) is 37.1 Å². The quantitative estimate of drug-likeness (QED) is 0.223. The molecule has 0 unspecified atom stereocenters. The Hall–Kier alpha value is -1.37. The summed E-state index contributed by atoms with van der Waals surface area (Å²) in [6.45, 7) is 3.13. The van der Waals surface area contributed by atoms with Crippen LogP contribution in [0.25, 0.3) is 0 Å². The second-order valence-corrected chi connectivity index (χ2v) is 8.06. The second-order valence-electron chi connectivity index (χ2n) is 5.36. The molecule has 0 heterocycles. The molecule has 0 N–H and O–H groups in total. The summed E-state index contributed by atoms with van der Waals surface area (Å²) in [5, 5.41) is 20.8. The van der Waals surface area contributed by atoms with Gasteiger partial charge in [-0.3, -0.25) is 20.2 Å². The fourth-order valence-electron chi connectivity index (χ4n) is 1.96. The van der Waals surface area contributed by atoms with Gasteiger partial charge in [-0.25, -0.2) is 16.8 Å². The Morgan fingerprint density at radius 2 is 0.966 bits per heavy atom. The number of benzene rings is 2. The van der Waals surface area contributed by atoms with Crippen molar-refractivity contribution in [2.24, 2.45) is 0 Å². The number of hydrogen-bond acceptors (Lipinski definition) is 10. The summed E-state index contributed by atoms with van der Waals surface area (Å²) in [6.07, 6.45) is 0. The normalized spacial score (nSPS) is 10.9. The van der Waals surface area contributed by atoms with E-state index in [0.29, 0.717) is 11.1 Å². The van der Waals surface area contributed by atoms with Crippen molar-refractivity contribution in [3.05, 3.63) is 67.8 Å². The van der Waals surface area contributed by atoms with Crippen LogP contribution in [0.2, 0.25) is 0 Å². The smallest absolute Gasteiger partial charge is 0.744 e. The SMILES string of the molecule is Cc1ccc(S(=O)(=O)[O-])c([N+](=O)[O-])c1.Cc1ccc(S(=O)(=O)[O-])c([N+](=O)[O-])c1.[Ba+2]. The first kappa shape index (κ1) is 27.6. The first-order valence-electron chi connectivity index (χ1n) is 7.06. The third kappa shape index (κ3) is 8.11. The molecule has 0 radical (unpaired) electrons. The van der Waals surface area contributed by atoms with Crippen molar-refractivity contribution in [2.75, 3.05) is 0 Å². The monoisotopic (exact) mass is 570 g/mol. The second kappa shape index (κ2) is 10.6. The van der Waals surface area contributed by atoms with Crippen LogP contribution in [-0.4, -0.2) is 84.7 Å². The van der Waals surface area contributed by atoms with Crippen LogP contribution >= 0.6 is 0 Å². The van der Waals surface area contributed by atoms with Crippen molar-refractivity contribution >= 4 is 80.5 Å². The van der Waals surface area contributed by atoms with Gasteiger partial charge >= 0.3 is 48.9 Å². The fraction of sp³-hybridized carbons (Fsp3) is 0.143. The van der Waals surface area contributed by atoms with Gasteiger partial charge in [0.15, 0.2) is 0 Å². The third-order valence-corrected chi connectivity index (χ3v) is 4.93. The number of aryl methyl sites for hydroxylation is 2. The maximum absolute atomic E-state index is 10.6. The molecule has 0 aliphatic carbocycles. The van der Waals surface area contributed by atoms with Gasteiger partial charge in [-0.2, -0.15) is 0 Å². The van der Waals surface area contributed by atoms with E-state index >= 15 is 0 Å². The molecule has 0 amide bonds. The van der Waals surface area contributed by atoms with E-state index in [2.05, 4.69) is 0 Å². The Morgan fingerprint density at radius 3 is 1.17 bits per heavy atom. The minimum absolute atomic E-state index is 0. The van der Waals surface area contributed by atoms with E-state index in [1.165, 1.54) is 12.1 Å². The molecule has 2 aromatic rings. The summed E-state index contributed by atoms with van der Waals surface area (Å²) in [5.74, 6) is 0. The summed E-state index contributed by atoms with van der Waals surface area (Å²) < 4.78 is 63.7. The first-order valence-corrected chi connectivity index (χ1v) is 9.88. The molecule has 0 aliphatic heterocycles. The van der Waals surface area contributed by atoms with E-state index in [-0.39, 0.29) is 48.9 Å². The number of nitro benzene ring substituents is 2. The van der Waals surface area contributed by atoms with E-state index in [0.717, 1.165) is 24.3 Å². The Kier molecular flexibility index (Phi) is 10.1. The summed E-state index contributed by atoms with van der Waals surface area (Å²) in [6, 6.07) is 6.64. The minimum Gasteiger partial charge on any atom is -0.744 e. The summed E-state index contributed by atoms with van der Waals surface area (Å²) in [4.78, 5) is 17.5. The van der Waals surface area contributed by atoms with E-state index in [1.807, 2.05) is 0 Å². The third-order valence-electron chi connectivity index (χ3n) is 3.16. The first-order chi connectivity index (χ1) is 12.6. The van der Waals surface area contributed by atoms with E-state index in [1.54, 1.807) is 13.8 Å². The molecule has 0 aliphatic rings. The van der Waals surface area contributed by atoms with E-state index in [4.69, 9.17) is 0 Å².